The van der Waals surface area contributed by atoms with E-state index in [1.807, 2.05) is 61.5 Å². The number of ether oxygens (including phenoxy) is 1. The molecule has 0 fully saturated rings. The number of aromatic nitrogens is 2. The number of amides is 1. The highest BCUT2D eigenvalue weighted by Gasteiger charge is 2.12. The second-order valence-corrected chi connectivity index (χ2v) is 8.64. The molecule has 0 aliphatic heterocycles. The van der Waals surface area contributed by atoms with Gasteiger partial charge in [-0.15, -0.1) is 11.3 Å². The molecule has 6 heteroatoms. The zero-order valence-electron chi connectivity index (χ0n) is 18.0. The Morgan fingerprint density at radius 3 is 2.58 bits per heavy atom. The van der Waals surface area contributed by atoms with Gasteiger partial charge >= 0.3 is 0 Å². The van der Waals surface area contributed by atoms with Crippen LogP contribution in [0.4, 0.5) is 5.69 Å². The van der Waals surface area contributed by atoms with Crippen molar-refractivity contribution >= 4 is 33.1 Å². The minimum Gasteiger partial charge on any atom is -0.487 e. The Kier molecular flexibility index (Phi) is 5.83. The third kappa shape index (κ3) is 4.76. The molecule has 33 heavy (non-hydrogen) atoms. The number of carbonyl (C=O) groups excluding carboxylic acids is 1. The van der Waals surface area contributed by atoms with Gasteiger partial charge in [0.05, 0.1) is 15.9 Å². The van der Waals surface area contributed by atoms with E-state index in [9.17, 15) is 4.79 Å². The van der Waals surface area contributed by atoms with E-state index in [4.69, 9.17) is 9.72 Å². The summed E-state index contributed by atoms with van der Waals surface area (Å²) >= 11 is 1.64. The molecule has 2 heterocycles. The third-order valence-electron chi connectivity index (χ3n) is 5.26. The van der Waals surface area contributed by atoms with Crippen molar-refractivity contribution in [1.82, 2.24) is 9.97 Å². The van der Waals surface area contributed by atoms with Gasteiger partial charge in [0, 0.05) is 23.0 Å². The van der Waals surface area contributed by atoms with Crippen LogP contribution in [0.2, 0.25) is 0 Å². The second-order valence-electron chi connectivity index (χ2n) is 7.60. The Morgan fingerprint density at radius 2 is 1.79 bits per heavy atom. The highest BCUT2D eigenvalue weighted by atomic mass is 32.1. The number of anilines is 1. The maximum absolute atomic E-state index is 12.9. The first-order valence-corrected chi connectivity index (χ1v) is 11.4. The Labute approximate surface area is 195 Å². The van der Waals surface area contributed by atoms with Gasteiger partial charge in [-0.3, -0.25) is 9.78 Å². The van der Waals surface area contributed by atoms with Gasteiger partial charge in [0.25, 0.3) is 5.91 Å². The van der Waals surface area contributed by atoms with E-state index in [2.05, 4.69) is 16.4 Å². The maximum Gasteiger partial charge on any atom is 0.255 e. The van der Waals surface area contributed by atoms with Crippen LogP contribution >= 0.6 is 11.3 Å². The average Bonchev–Trinajstić information content (AvgIpc) is 3.29. The number of para-hydroxylation sites is 1. The smallest absolute Gasteiger partial charge is 0.255 e. The molecule has 0 saturated carbocycles. The van der Waals surface area contributed by atoms with Gasteiger partial charge in [-0.2, -0.15) is 0 Å². The summed E-state index contributed by atoms with van der Waals surface area (Å²) in [6, 6.07) is 26.9. The van der Waals surface area contributed by atoms with Crippen LogP contribution in [0.5, 0.6) is 5.75 Å². The van der Waals surface area contributed by atoms with E-state index in [1.165, 1.54) is 0 Å². The van der Waals surface area contributed by atoms with E-state index in [1.54, 1.807) is 41.8 Å². The number of carbonyl (C=O) groups is 1. The normalized spacial score (nSPS) is 10.8. The van der Waals surface area contributed by atoms with Crippen molar-refractivity contribution in [1.29, 1.82) is 0 Å². The van der Waals surface area contributed by atoms with Crippen LogP contribution in [-0.2, 0) is 6.61 Å². The van der Waals surface area contributed by atoms with Gasteiger partial charge in [0.2, 0.25) is 0 Å². The van der Waals surface area contributed by atoms with Crippen molar-refractivity contribution in [2.24, 2.45) is 0 Å². The standard InChI is InChI=1S/C27H21N3O2S/c1-18-9-10-20(27-30-23-7-2-3-8-25(23)33-27)16-24(18)29-26(31)19-11-13-22(14-12-19)32-17-21-6-4-5-15-28-21/h2-16H,17H2,1H3,(H,29,31). The SMILES string of the molecule is Cc1ccc(-c2nc3ccccc3s2)cc1NC(=O)c1ccc(OCc2ccccn2)cc1. The predicted molar refractivity (Wildman–Crippen MR) is 133 cm³/mol. The minimum atomic E-state index is -0.171. The zero-order chi connectivity index (χ0) is 22.6. The molecule has 162 valence electrons. The number of hydrogen-bond donors (Lipinski definition) is 1. The predicted octanol–water partition coefficient (Wildman–Crippen LogP) is 6.50. The fourth-order valence-electron chi connectivity index (χ4n) is 3.42. The van der Waals surface area contributed by atoms with Crippen molar-refractivity contribution < 1.29 is 9.53 Å². The van der Waals surface area contributed by atoms with Gasteiger partial charge in [-0.25, -0.2) is 4.98 Å². The molecule has 0 atom stereocenters. The summed E-state index contributed by atoms with van der Waals surface area (Å²) in [4.78, 5) is 21.8. The highest BCUT2D eigenvalue weighted by Crippen LogP contribution is 2.32. The first-order valence-electron chi connectivity index (χ1n) is 10.6. The van der Waals surface area contributed by atoms with E-state index >= 15 is 0 Å². The Hall–Kier alpha value is -4.03. The van der Waals surface area contributed by atoms with Crippen molar-refractivity contribution in [2.75, 3.05) is 5.32 Å². The number of benzene rings is 3. The maximum atomic E-state index is 12.9. The monoisotopic (exact) mass is 451 g/mol. The lowest BCUT2D eigenvalue weighted by Crippen LogP contribution is -2.12. The number of nitrogens with one attached hydrogen (secondary N) is 1. The topological polar surface area (TPSA) is 64.1 Å². The fraction of sp³-hybridized carbons (Fsp3) is 0.0741. The molecular formula is C27H21N3O2S. The second kappa shape index (κ2) is 9.22. The Balaban J connectivity index is 1.29. The lowest BCUT2D eigenvalue weighted by Gasteiger charge is -2.11. The van der Waals surface area contributed by atoms with Gasteiger partial charge in [-0.05, 0) is 67.1 Å². The van der Waals surface area contributed by atoms with Crippen molar-refractivity contribution in [2.45, 2.75) is 13.5 Å². The summed E-state index contributed by atoms with van der Waals surface area (Å²) in [5, 5.41) is 3.97. The number of thiazole rings is 1. The van der Waals surface area contributed by atoms with Crippen LogP contribution in [0.25, 0.3) is 20.8 Å². The van der Waals surface area contributed by atoms with Crippen LogP contribution in [0.3, 0.4) is 0 Å². The summed E-state index contributed by atoms with van der Waals surface area (Å²) in [6.07, 6.45) is 1.74. The van der Waals surface area contributed by atoms with Crippen LogP contribution < -0.4 is 10.1 Å². The molecule has 0 spiro atoms. The third-order valence-corrected chi connectivity index (χ3v) is 6.34. The molecule has 1 N–H and O–H groups in total. The molecule has 5 aromatic rings. The number of fused-ring (bicyclic) bond motifs is 1. The lowest BCUT2D eigenvalue weighted by atomic mass is 10.1. The number of rotatable bonds is 6. The molecule has 1 amide bonds. The van der Waals surface area contributed by atoms with Gasteiger partial charge < -0.3 is 10.1 Å². The van der Waals surface area contributed by atoms with Gasteiger partial charge in [0.15, 0.2) is 0 Å². The summed E-state index contributed by atoms with van der Waals surface area (Å²) in [5.41, 5.74) is 5.13. The lowest BCUT2D eigenvalue weighted by molar-refractivity contribution is 0.102. The molecule has 0 aliphatic rings. The largest absolute Gasteiger partial charge is 0.487 e. The van der Waals surface area contributed by atoms with E-state index in [-0.39, 0.29) is 5.91 Å². The number of nitrogens with zero attached hydrogens (tertiary/aromatic N) is 2. The van der Waals surface area contributed by atoms with E-state index in [0.717, 1.165) is 37.7 Å². The molecule has 0 radical (unpaired) electrons. The molecule has 0 saturated heterocycles. The number of pyridine rings is 1. The van der Waals surface area contributed by atoms with Crippen molar-refractivity contribution in [3.05, 3.63) is 108 Å². The molecule has 0 aliphatic carbocycles. The van der Waals surface area contributed by atoms with Gasteiger partial charge in [-0.1, -0.05) is 30.3 Å². The highest BCUT2D eigenvalue weighted by molar-refractivity contribution is 7.21. The molecular weight excluding hydrogens is 430 g/mol. The van der Waals surface area contributed by atoms with Crippen molar-refractivity contribution in [3.63, 3.8) is 0 Å². The van der Waals surface area contributed by atoms with Crippen LogP contribution in [0, 0.1) is 6.92 Å². The van der Waals surface area contributed by atoms with Crippen molar-refractivity contribution in [3.8, 4) is 16.3 Å². The Morgan fingerprint density at radius 1 is 0.970 bits per heavy atom. The molecule has 5 rings (SSSR count). The van der Waals surface area contributed by atoms with Gasteiger partial charge in [0.1, 0.15) is 17.4 Å². The summed E-state index contributed by atoms with van der Waals surface area (Å²) in [6.45, 7) is 2.36. The van der Waals surface area contributed by atoms with Crippen LogP contribution in [0.15, 0.2) is 91.1 Å². The molecule has 0 unspecified atom stereocenters. The first kappa shape index (κ1) is 20.8. The summed E-state index contributed by atoms with van der Waals surface area (Å²) in [7, 11) is 0. The van der Waals surface area contributed by atoms with Crippen LogP contribution in [-0.4, -0.2) is 15.9 Å². The summed E-state index contributed by atoms with van der Waals surface area (Å²) < 4.78 is 6.90. The average molecular weight is 452 g/mol. The van der Waals surface area contributed by atoms with Crippen LogP contribution in [0.1, 0.15) is 21.6 Å². The quantitative estimate of drug-likeness (QED) is 0.320. The first-order chi connectivity index (χ1) is 16.2. The molecule has 5 nitrogen and oxygen atoms in total. The Bertz CT molecular complexity index is 1380. The zero-order valence-corrected chi connectivity index (χ0v) is 18.8. The molecule has 0 bridgehead atoms. The number of aryl methyl sites for hydroxylation is 1. The summed E-state index contributed by atoms with van der Waals surface area (Å²) in [5.74, 6) is 0.516. The molecule has 3 aromatic carbocycles. The van der Waals surface area contributed by atoms with E-state index in [0.29, 0.717) is 17.9 Å². The molecule has 2 aromatic heterocycles. The fourth-order valence-corrected chi connectivity index (χ4v) is 4.39. The minimum absolute atomic E-state index is 0.171. The van der Waals surface area contributed by atoms with E-state index < -0.39 is 0 Å². The number of hydrogen-bond acceptors (Lipinski definition) is 5.